The van der Waals surface area contributed by atoms with Crippen LogP contribution in [0, 0.1) is 0 Å². The number of fused-ring (bicyclic) bond motifs is 1. The van der Waals surface area contributed by atoms with Crippen LogP contribution in [-0.4, -0.2) is 34.7 Å². The second kappa shape index (κ2) is 11.0. The van der Waals surface area contributed by atoms with Crippen molar-refractivity contribution in [3.05, 3.63) is 88.6 Å². The highest BCUT2D eigenvalue weighted by Crippen LogP contribution is 2.28. The number of hydrogen-bond acceptors (Lipinski definition) is 6. The standard InChI is InChI=1S/C29H29ClN6OS/c30-23-9-7-21(8-10-23)25-12-11-24(37-25)18-31-29(38)34-28-32-26(35-14-3-4-15-35)17-27(33-28)36-16-13-20-5-1-2-6-22(20)19-36/h1-2,5-12,17H,3-4,13-16,18-19H2,(H2,31,32,33,34,38). The van der Waals surface area contributed by atoms with Crippen LogP contribution in [0.3, 0.4) is 0 Å². The molecule has 2 aliphatic heterocycles. The molecule has 0 aliphatic carbocycles. The van der Waals surface area contributed by atoms with Gasteiger partial charge in [-0.15, -0.1) is 0 Å². The predicted octanol–water partition coefficient (Wildman–Crippen LogP) is 6.04. The second-order valence-corrected chi connectivity index (χ2v) is 10.5. The van der Waals surface area contributed by atoms with Crippen LogP contribution in [0.25, 0.3) is 11.3 Å². The molecule has 0 radical (unpaired) electrons. The fourth-order valence-electron chi connectivity index (χ4n) is 4.99. The van der Waals surface area contributed by atoms with Crippen LogP contribution in [0.5, 0.6) is 0 Å². The number of thiocarbonyl (C=S) groups is 1. The molecule has 4 aromatic rings. The van der Waals surface area contributed by atoms with Crippen LogP contribution >= 0.6 is 23.8 Å². The van der Waals surface area contributed by atoms with Crippen LogP contribution in [-0.2, 0) is 19.5 Å². The van der Waals surface area contributed by atoms with Crippen molar-refractivity contribution >= 4 is 46.5 Å². The van der Waals surface area contributed by atoms with Gasteiger partial charge < -0.3 is 24.9 Å². The van der Waals surface area contributed by atoms with Crippen LogP contribution in [0.1, 0.15) is 29.7 Å². The van der Waals surface area contributed by atoms with Gasteiger partial charge in [0.25, 0.3) is 0 Å². The number of anilines is 3. The maximum absolute atomic E-state index is 6.00. The Morgan fingerprint density at radius 1 is 0.895 bits per heavy atom. The number of furan rings is 1. The molecule has 194 valence electrons. The fourth-order valence-corrected chi connectivity index (χ4v) is 5.28. The van der Waals surface area contributed by atoms with Gasteiger partial charge in [-0.2, -0.15) is 9.97 Å². The first-order chi connectivity index (χ1) is 18.6. The summed E-state index contributed by atoms with van der Waals surface area (Å²) in [6.07, 6.45) is 3.36. The van der Waals surface area contributed by atoms with Crippen LogP contribution in [0.15, 0.2) is 71.1 Å². The van der Waals surface area contributed by atoms with Gasteiger partial charge in [0.05, 0.1) is 6.54 Å². The molecule has 1 saturated heterocycles. The molecule has 2 aliphatic rings. The molecule has 0 amide bonds. The summed E-state index contributed by atoms with van der Waals surface area (Å²) in [6.45, 7) is 4.22. The van der Waals surface area contributed by atoms with Crippen molar-refractivity contribution in [2.45, 2.75) is 32.4 Å². The Balaban J connectivity index is 1.15. The van der Waals surface area contributed by atoms with Crippen molar-refractivity contribution in [3.63, 3.8) is 0 Å². The van der Waals surface area contributed by atoms with Gasteiger partial charge in [0.15, 0.2) is 5.11 Å². The van der Waals surface area contributed by atoms with Crippen molar-refractivity contribution in [2.24, 2.45) is 0 Å². The number of nitrogens with one attached hydrogen (secondary N) is 2. The van der Waals surface area contributed by atoms with E-state index in [1.165, 1.54) is 24.0 Å². The molecule has 0 atom stereocenters. The van der Waals surface area contributed by atoms with Gasteiger partial charge in [0.2, 0.25) is 5.95 Å². The molecule has 0 spiro atoms. The zero-order valence-corrected chi connectivity index (χ0v) is 22.6. The summed E-state index contributed by atoms with van der Waals surface area (Å²) < 4.78 is 5.99. The SMILES string of the molecule is S=C(NCc1ccc(-c2ccc(Cl)cc2)o1)Nc1nc(N2CCCC2)cc(N2CCc3ccccc3C2)n1. The minimum Gasteiger partial charge on any atom is -0.459 e. The highest BCUT2D eigenvalue weighted by Gasteiger charge is 2.21. The third-order valence-electron chi connectivity index (χ3n) is 7.02. The summed E-state index contributed by atoms with van der Waals surface area (Å²) in [5.74, 6) is 3.92. The van der Waals surface area contributed by atoms with E-state index in [-0.39, 0.29) is 0 Å². The Hall–Kier alpha value is -3.62. The molecular weight excluding hydrogens is 516 g/mol. The number of aromatic nitrogens is 2. The fraction of sp³-hybridized carbons (Fsp3) is 0.276. The molecule has 9 heteroatoms. The summed E-state index contributed by atoms with van der Waals surface area (Å²) in [5.41, 5.74) is 3.74. The van der Waals surface area contributed by atoms with E-state index < -0.39 is 0 Å². The first kappa shape index (κ1) is 24.7. The van der Waals surface area contributed by atoms with E-state index in [9.17, 15) is 0 Å². The molecule has 2 aromatic heterocycles. The van der Waals surface area contributed by atoms with Gasteiger partial charge in [-0.25, -0.2) is 0 Å². The zero-order chi connectivity index (χ0) is 25.9. The number of benzene rings is 2. The van der Waals surface area contributed by atoms with Gasteiger partial charge in [-0.1, -0.05) is 35.9 Å². The molecule has 0 unspecified atom stereocenters. The van der Waals surface area contributed by atoms with E-state index in [0.717, 1.165) is 61.3 Å². The van der Waals surface area contributed by atoms with E-state index in [0.29, 0.717) is 22.6 Å². The summed E-state index contributed by atoms with van der Waals surface area (Å²) in [5, 5.41) is 7.57. The molecule has 2 N–H and O–H groups in total. The molecule has 0 bridgehead atoms. The topological polar surface area (TPSA) is 69.5 Å². The number of hydrogen-bond donors (Lipinski definition) is 2. The van der Waals surface area contributed by atoms with Crippen LogP contribution in [0.4, 0.5) is 17.6 Å². The Morgan fingerprint density at radius 3 is 2.42 bits per heavy atom. The number of halogens is 1. The minimum atomic E-state index is 0.445. The average molecular weight is 545 g/mol. The van der Waals surface area contributed by atoms with Crippen LogP contribution < -0.4 is 20.4 Å². The van der Waals surface area contributed by atoms with Crippen LogP contribution in [0.2, 0.25) is 5.02 Å². The lowest BCUT2D eigenvalue weighted by molar-refractivity contribution is 0.516. The molecule has 1 fully saturated rings. The maximum atomic E-state index is 6.00. The molecule has 38 heavy (non-hydrogen) atoms. The Labute approximate surface area is 232 Å². The smallest absolute Gasteiger partial charge is 0.232 e. The minimum absolute atomic E-state index is 0.445. The van der Waals surface area contributed by atoms with E-state index in [2.05, 4.69) is 50.8 Å². The maximum Gasteiger partial charge on any atom is 0.232 e. The lowest BCUT2D eigenvalue weighted by Crippen LogP contribution is -2.33. The van der Waals surface area contributed by atoms with Gasteiger partial charge in [0.1, 0.15) is 23.2 Å². The summed E-state index contributed by atoms with van der Waals surface area (Å²) >= 11 is 11.6. The first-order valence-electron chi connectivity index (χ1n) is 13.0. The van der Waals surface area contributed by atoms with Crippen molar-refractivity contribution < 1.29 is 4.42 Å². The third kappa shape index (κ3) is 5.61. The van der Waals surface area contributed by atoms with E-state index in [1.807, 2.05) is 36.4 Å². The lowest BCUT2D eigenvalue weighted by Gasteiger charge is -2.30. The molecular formula is C29H29ClN6OS. The lowest BCUT2D eigenvalue weighted by atomic mass is 10.00. The largest absolute Gasteiger partial charge is 0.459 e. The zero-order valence-electron chi connectivity index (χ0n) is 21.0. The molecule has 4 heterocycles. The van der Waals surface area contributed by atoms with Gasteiger partial charge in [0, 0.05) is 42.8 Å². The van der Waals surface area contributed by atoms with Gasteiger partial charge in [-0.05, 0) is 79.0 Å². The summed E-state index contributed by atoms with van der Waals surface area (Å²) in [6, 6.07) is 22.2. The third-order valence-corrected chi connectivity index (χ3v) is 7.52. The summed E-state index contributed by atoms with van der Waals surface area (Å²) in [4.78, 5) is 14.3. The highest BCUT2D eigenvalue weighted by molar-refractivity contribution is 7.80. The molecule has 6 rings (SSSR count). The summed E-state index contributed by atoms with van der Waals surface area (Å²) in [7, 11) is 0. The second-order valence-electron chi connectivity index (χ2n) is 9.62. The van der Waals surface area contributed by atoms with Crippen molar-refractivity contribution in [2.75, 3.05) is 34.8 Å². The quantitative estimate of drug-likeness (QED) is 0.285. The highest BCUT2D eigenvalue weighted by atomic mass is 35.5. The van der Waals surface area contributed by atoms with Crippen molar-refractivity contribution in [1.82, 2.24) is 15.3 Å². The molecule has 2 aromatic carbocycles. The Kier molecular flexibility index (Phi) is 7.16. The number of rotatable bonds is 6. The van der Waals surface area contributed by atoms with Crippen molar-refractivity contribution in [1.29, 1.82) is 0 Å². The van der Waals surface area contributed by atoms with Gasteiger partial charge in [-0.3, -0.25) is 0 Å². The monoisotopic (exact) mass is 544 g/mol. The van der Waals surface area contributed by atoms with E-state index in [1.54, 1.807) is 0 Å². The normalized spacial score (nSPS) is 14.9. The van der Waals surface area contributed by atoms with Crippen molar-refractivity contribution in [3.8, 4) is 11.3 Å². The Bertz CT molecular complexity index is 1430. The average Bonchev–Trinajstić information content (AvgIpc) is 3.65. The van der Waals surface area contributed by atoms with E-state index >= 15 is 0 Å². The van der Waals surface area contributed by atoms with Gasteiger partial charge >= 0.3 is 0 Å². The Morgan fingerprint density at radius 2 is 1.63 bits per heavy atom. The molecule has 7 nitrogen and oxygen atoms in total. The predicted molar refractivity (Wildman–Crippen MR) is 157 cm³/mol. The van der Waals surface area contributed by atoms with E-state index in [4.69, 9.17) is 38.2 Å². The molecule has 0 saturated carbocycles. The number of nitrogens with zero attached hydrogens (tertiary/aromatic N) is 4. The first-order valence-corrected chi connectivity index (χ1v) is 13.7.